The van der Waals surface area contributed by atoms with Crippen molar-refractivity contribution in [1.29, 1.82) is 0 Å². The second-order valence-corrected chi connectivity index (χ2v) is 8.62. The van der Waals surface area contributed by atoms with E-state index in [0.29, 0.717) is 6.54 Å². The number of fused-ring (bicyclic) bond motifs is 1. The molecular formula is C21H26ClN3O2S. The van der Waals surface area contributed by atoms with Gasteiger partial charge in [0.05, 0.1) is 4.90 Å². The fraction of sp³-hybridized carbons (Fsp3) is 0.286. The van der Waals surface area contributed by atoms with E-state index >= 15 is 0 Å². The van der Waals surface area contributed by atoms with E-state index in [1.54, 1.807) is 30.6 Å². The molecule has 5 nitrogen and oxygen atoms in total. The van der Waals surface area contributed by atoms with Gasteiger partial charge in [-0.25, -0.2) is 13.1 Å². The van der Waals surface area contributed by atoms with Crippen LogP contribution in [0.1, 0.15) is 19.4 Å². The molecule has 7 heteroatoms. The lowest BCUT2D eigenvalue weighted by molar-refractivity contribution is 0.489. The van der Waals surface area contributed by atoms with Crippen LogP contribution in [-0.2, 0) is 16.4 Å². The maximum absolute atomic E-state index is 12.7. The summed E-state index contributed by atoms with van der Waals surface area (Å²) in [5.74, 6) is 0. The van der Waals surface area contributed by atoms with Gasteiger partial charge in [0.1, 0.15) is 0 Å². The minimum atomic E-state index is -3.57. The Labute approximate surface area is 173 Å². The van der Waals surface area contributed by atoms with Crippen molar-refractivity contribution in [3.8, 4) is 0 Å². The standard InChI is InChI=1S/C21H25N3O2S.ClH/c1-16(12-18-6-4-3-5-7-18)23-14-17(2)24-27(25,26)21-9-8-20-15-22-11-10-19(20)13-21;/h3-11,13,15-17,23-24H,12,14H2,1-2H3;1H/t16?,17-;/m1./s1. The molecule has 0 aliphatic rings. The zero-order valence-electron chi connectivity index (χ0n) is 16.0. The average molecular weight is 420 g/mol. The number of pyridine rings is 1. The molecule has 0 bridgehead atoms. The van der Waals surface area contributed by atoms with Crippen LogP contribution in [0.2, 0.25) is 0 Å². The lowest BCUT2D eigenvalue weighted by Gasteiger charge is -2.19. The highest BCUT2D eigenvalue weighted by atomic mass is 35.5. The number of nitrogens with one attached hydrogen (secondary N) is 2. The molecule has 0 amide bonds. The lowest BCUT2D eigenvalue weighted by Crippen LogP contribution is -2.42. The third-order valence-electron chi connectivity index (χ3n) is 4.44. The van der Waals surface area contributed by atoms with Crippen molar-refractivity contribution in [2.75, 3.05) is 6.54 Å². The van der Waals surface area contributed by atoms with Gasteiger partial charge in [0.2, 0.25) is 10.0 Å². The molecule has 3 rings (SSSR count). The maximum Gasteiger partial charge on any atom is 0.240 e. The Morgan fingerprint density at radius 3 is 2.46 bits per heavy atom. The first-order valence-corrected chi connectivity index (χ1v) is 10.6. The van der Waals surface area contributed by atoms with Gasteiger partial charge in [0.15, 0.2) is 0 Å². The van der Waals surface area contributed by atoms with Crippen LogP contribution in [0.25, 0.3) is 10.8 Å². The summed E-state index contributed by atoms with van der Waals surface area (Å²) < 4.78 is 28.1. The van der Waals surface area contributed by atoms with Crippen molar-refractivity contribution in [2.45, 2.75) is 37.2 Å². The quantitative estimate of drug-likeness (QED) is 0.585. The molecule has 0 saturated carbocycles. The second-order valence-electron chi connectivity index (χ2n) is 6.91. The Hall–Kier alpha value is -1.99. The predicted molar refractivity (Wildman–Crippen MR) is 116 cm³/mol. The zero-order valence-corrected chi connectivity index (χ0v) is 17.6. The first-order chi connectivity index (χ1) is 12.9. The number of hydrogen-bond donors (Lipinski definition) is 2. The molecule has 0 fully saturated rings. The molecule has 1 unspecified atom stereocenters. The van der Waals surface area contributed by atoms with Gasteiger partial charge in [-0.15, -0.1) is 12.4 Å². The zero-order chi connectivity index (χ0) is 19.3. The van der Waals surface area contributed by atoms with E-state index in [-0.39, 0.29) is 29.4 Å². The van der Waals surface area contributed by atoms with Crippen molar-refractivity contribution < 1.29 is 8.42 Å². The number of hydrogen-bond acceptors (Lipinski definition) is 4. The van der Waals surface area contributed by atoms with Crippen LogP contribution in [-0.4, -0.2) is 32.0 Å². The molecule has 1 heterocycles. The second kappa shape index (κ2) is 9.98. The maximum atomic E-state index is 12.7. The van der Waals surface area contributed by atoms with E-state index < -0.39 is 10.0 Å². The van der Waals surface area contributed by atoms with Gasteiger partial charge in [-0.1, -0.05) is 36.4 Å². The van der Waals surface area contributed by atoms with Gasteiger partial charge in [-0.3, -0.25) is 4.98 Å². The Kier molecular flexibility index (Phi) is 7.95. The number of benzene rings is 2. The minimum Gasteiger partial charge on any atom is -0.312 e. The summed E-state index contributed by atoms with van der Waals surface area (Å²) in [7, 11) is -3.57. The smallest absolute Gasteiger partial charge is 0.240 e. The first kappa shape index (κ1) is 22.3. The molecule has 2 atom stereocenters. The molecule has 0 radical (unpaired) electrons. The normalized spacial score (nSPS) is 13.6. The molecular weight excluding hydrogens is 394 g/mol. The number of halogens is 1. The number of rotatable bonds is 8. The summed E-state index contributed by atoms with van der Waals surface area (Å²) >= 11 is 0. The van der Waals surface area contributed by atoms with E-state index in [1.165, 1.54) is 5.56 Å². The summed E-state index contributed by atoms with van der Waals surface area (Å²) in [4.78, 5) is 4.32. The van der Waals surface area contributed by atoms with Crippen LogP contribution in [0.3, 0.4) is 0 Å². The Balaban J connectivity index is 0.00000280. The van der Waals surface area contributed by atoms with Gasteiger partial charge < -0.3 is 5.32 Å². The Morgan fingerprint density at radius 1 is 0.964 bits per heavy atom. The lowest BCUT2D eigenvalue weighted by atomic mass is 10.1. The summed E-state index contributed by atoms with van der Waals surface area (Å²) in [6.07, 6.45) is 4.28. The van der Waals surface area contributed by atoms with E-state index in [0.717, 1.165) is 17.2 Å². The van der Waals surface area contributed by atoms with Crippen LogP contribution in [0.4, 0.5) is 0 Å². The number of aromatic nitrogens is 1. The highest BCUT2D eigenvalue weighted by Gasteiger charge is 2.18. The molecule has 1 aromatic heterocycles. The third kappa shape index (κ3) is 6.01. The summed E-state index contributed by atoms with van der Waals surface area (Å²) in [5, 5.41) is 5.17. The Bertz CT molecular complexity index is 997. The highest BCUT2D eigenvalue weighted by molar-refractivity contribution is 7.89. The monoisotopic (exact) mass is 419 g/mol. The van der Waals surface area contributed by atoms with Crippen LogP contribution in [0.15, 0.2) is 71.9 Å². The van der Waals surface area contributed by atoms with Crippen LogP contribution < -0.4 is 10.0 Å². The van der Waals surface area contributed by atoms with Crippen molar-refractivity contribution in [2.24, 2.45) is 0 Å². The topological polar surface area (TPSA) is 71.1 Å². The summed E-state index contributed by atoms with van der Waals surface area (Å²) in [6.45, 7) is 4.53. The van der Waals surface area contributed by atoms with Gasteiger partial charge in [-0.05, 0) is 49.4 Å². The molecule has 2 N–H and O–H groups in total. The van der Waals surface area contributed by atoms with E-state index in [4.69, 9.17) is 0 Å². The van der Waals surface area contributed by atoms with Crippen molar-refractivity contribution in [3.05, 3.63) is 72.6 Å². The van der Waals surface area contributed by atoms with Crippen LogP contribution in [0.5, 0.6) is 0 Å². The van der Waals surface area contributed by atoms with Gasteiger partial charge in [0, 0.05) is 36.4 Å². The van der Waals surface area contributed by atoms with Crippen molar-refractivity contribution >= 4 is 33.2 Å². The summed E-state index contributed by atoms with van der Waals surface area (Å²) in [5.41, 5.74) is 1.26. The van der Waals surface area contributed by atoms with E-state index in [9.17, 15) is 8.42 Å². The predicted octanol–water partition coefficient (Wildman–Crippen LogP) is 3.54. The van der Waals surface area contributed by atoms with Crippen LogP contribution >= 0.6 is 12.4 Å². The fourth-order valence-corrected chi connectivity index (χ4v) is 4.30. The van der Waals surface area contributed by atoms with Crippen molar-refractivity contribution in [3.63, 3.8) is 0 Å². The highest BCUT2D eigenvalue weighted by Crippen LogP contribution is 2.18. The van der Waals surface area contributed by atoms with Crippen LogP contribution in [0, 0.1) is 0 Å². The molecule has 3 aromatic rings. The molecule has 0 spiro atoms. The molecule has 2 aromatic carbocycles. The number of sulfonamides is 1. The largest absolute Gasteiger partial charge is 0.312 e. The third-order valence-corrected chi connectivity index (χ3v) is 6.02. The Morgan fingerprint density at radius 2 is 1.71 bits per heavy atom. The SMILES string of the molecule is CC(Cc1ccccc1)NC[C@@H](C)NS(=O)(=O)c1ccc2cnccc2c1.Cl. The average Bonchev–Trinajstić information content (AvgIpc) is 2.66. The molecule has 0 saturated heterocycles. The van der Waals surface area contributed by atoms with E-state index in [2.05, 4.69) is 34.1 Å². The molecule has 150 valence electrons. The molecule has 0 aliphatic heterocycles. The van der Waals surface area contributed by atoms with E-state index in [1.807, 2.05) is 31.2 Å². The molecule has 0 aliphatic carbocycles. The van der Waals surface area contributed by atoms with Crippen molar-refractivity contribution in [1.82, 2.24) is 15.0 Å². The minimum absolute atomic E-state index is 0. The number of nitrogens with zero attached hydrogens (tertiary/aromatic N) is 1. The summed E-state index contributed by atoms with van der Waals surface area (Å²) in [6, 6.07) is 17.2. The fourth-order valence-electron chi connectivity index (χ4n) is 3.02. The van der Waals surface area contributed by atoms with Gasteiger partial charge in [-0.2, -0.15) is 0 Å². The van der Waals surface area contributed by atoms with Gasteiger partial charge in [0.25, 0.3) is 0 Å². The first-order valence-electron chi connectivity index (χ1n) is 9.07. The molecule has 28 heavy (non-hydrogen) atoms. The van der Waals surface area contributed by atoms with Gasteiger partial charge >= 0.3 is 0 Å².